The zero-order chi connectivity index (χ0) is 15.7. The van der Waals surface area contributed by atoms with E-state index in [-0.39, 0.29) is 12.1 Å². The summed E-state index contributed by atoms with van der Waals surface area (Å²) in [5.74, 6) is -1.44. The fraction of sp³-hybridized carbons (Fsp3) is 0.200. The van der Waals surface area contributed by atoms with Crippen LogP contribution in [0.4, 0.5) is 17.6 Å². The van der Waals surface area contributed by atoms with Gasteiger partial charge in [-0.2, -0.15) is 13.2 Å². The van der Waals surface area contributed by atoms with Crippen LogP contribution in [-0.4, -0.2) is 11.7 Å². The van der Waals surface area contributed by atoms with Crippen LogP contribution < -0.4 is 5.73 Å². The Balaban J connectivity index is 2.52. The number of aliphatic hydroxyl groups is 1. The lowest BCUT2D eigenvalue weighted by molar-refractivity contribution is -0.140. The first kappa shape index (κ1) is 15.5. The monoisotopic (exact) mass is 299 g/mol. The molecule has 21 heavy (non-hydrogen) atoms. The topological polar surface area (TPSA) is 46.2 Å². The Bertz CT molecular complexity index is 627. The van der Waals surface area contributed by atoms with E-state index in [4.69, 9.17) is 5.73 Å². The highest BCUT2D eigenvalue weighted by Gasteiger charge is 2.36. The molecular formula is C15H13F4NO. The van der Waals surface area contributed by atoms with Gasteiger partial charge in [0.05, 0.1) is 5.56 Å². The Morgan fingerprint density at radius 1 is 0.952 bits per heavy atom. The van der Waals surface area contributed by atoms with Crippen LogP contribution in [0.2, 0.25) is 0 Å². The predicted octanol–water partition coefficient (Wildman–Crippen LogP) is 3.04. The SMILES string of the molecule is NCC(O)(c1ccccc1)c1ccc(C(F)(F)F)c(F)c1. The molecule has 112 valence electrons. The zero-order valence-corrected chi connectivity index (χ0v) is 10.9. The second-order valence-electron chi connectivity index (χ2n) is 4.62. The Morgan fingerprint density at radius 3 is 2.05 bits per heavy atom. The lowest BCUT2D eigenvalue weighted by Gasteiger charge is -2.28. The molecule has 6 heteroatoms. The van der Waals surface area contributed by atoms with Crippen LogP contribution in [0.15, 0.2) is 48.5 Å². The zero-order valence-electron chi connectivity index (χ0n) is 10.9. The lowest BCUT2D eigenvalue weighted by Crippen LogP contribution is -2.36. The van der Waals surface area contributed by atoms with E-state index >= 15 is 0 Å². The molecular weight excluding hydrogens is 286 g/mol. The lowest BCUT2D eigenvalue weighted by atomic mass is 9.86. The molecule has 0 fully saturated rings. The number of alkyl halides is 3. The number of hydrogen-bond acceptors (Lipinski definition) is 2. The van der Waals surface area contributed by atoms with Crippen LogP contribution in [0.3, 0.4) is 0 Å². The minimum atomic E-state index is -4.78. The van der Waals surface area contributed by atoms with E-state index in [0.717, 1.165) is 6.07 Å². The van der Waals surface area contributed by atoms with Gasteiger partial charge in [0.2, 0.25) is 0 Å². The molecule has 0 bridgehead atoms. The van der Waals surface area contributed by atoms with E-state index in [1.807, 2.05) is 0 Å². The largest absolute Gasteiger partial charge is 0.419 e. The molecule has 2 rings (SSSR count). The van der Waals surface area contributed by atoms with Crippen LogP contribution in [0, 0.1) is 5.82 Å². The van der Waals surface area contributed by atoms with Crippen molar-refractivity contribution in [2.75, 3.05) is 6.54 Å². The van der Waals surface area contributed by atoms with E-state index in [1.54, 1.807) is 30.3 Å². The highest BCUT2D eigenvalue weighted by molar-refractivity contribution is 5.39. The van der Waals surface area contributed by atoms with Gasteiger partial charge in [-0.25, -0.2) is 4.39 Å². The van der Waals surface area contributed by atoms with Crippen LogP contribution in [0.25, 0.3) is 0 Å². The molecule has 0 spiro atoms. The average molecular weight is 299 g/mol. The van der Waals surface area contributed by atoms with Crippen LogP contribution in [0.5, 0.6) is 0 Å². The fourth-order valence-corrected chi connectivity index (χ4v) is 2.12. The van der Waals surface area contributed by atoms with Crippen molar-refractivity contribution in [3.63, 3.8) is 0 Å². The minimum Gasteiger partial charge on any atom is -0.379 e. The Kier molecular flexibility index (Phi) is 4.02. The third-order valence-corrected chi connectivity index (χ3v) is 3.30. The quantitative estimate of drug-likeness (QED) is 0.856. The van der Waals surface area contributed by atoms with Gasteiger partial charge in [0.15, 0.2) is 0 Å². The van der Waals surface area contributed by atoms with Crippen LogP contribution in [-0.2, 0) is 11.8 Å². The van der Waals surface area contributed by atoms with Gasteiger partial charge in [-0.3, -0.25) is 0 Å². The van der Waals surface area contributed by atoms with Gasteiger partial charge in [-0.05, 0) is 23.3 Å². The summed E-state index contributed by atoms with van der Waals surface area (Å²) in [5.41, 5.74) is 2.79. The number of nitrogens with two attached hydrogens (primary N) is 1. The van der Waals surface area contributed by atoms with E-state index < -0.39 is 23.2 Å². The maximum Gasteiger partial charge on any atom is 0.419 e. The van der Waals surface area contributed by atoms with Gasteiger partial charge >= 0.3 is 6.18 Å². The van der Waals surface area contributed by atoms with Crippen LogP contribution in [0.1, 0.15) is 16.7 Å². The molecule has 0 saturated heterocycles. The summed E-state index contributed by atoms with van der Waals surface area (Å²) in [5, 5.41) is 10.6. The molecule has 3 N–H and O–H groups in total. The van der Waals surface area contributed by atoms with Gasteiger partial charge in [0, 0.05) is 6.54 Å². The molecule has 0 amide bonds. The molecule has 0 aromatic heterocycles. The van der Waals surface area contributed by atoms with E-state index in [9.17, 15) is 22.7 Å². The molecule has 1 unspecified atom stereocenters. The van der Waals surface area contributed by atoms with Crippen molar-refractivity contribution in [1.29, 1.82) is 0 Å². The van der Waals surface area contributed by atoms with Gasteiger partial charge in [0.1, 0.15) is 11.4 Å². The molecule has 0 aliphatic heterocycles. The molecule has 0 radical (unpaired) electrons. The average Bonchev–Trinajstić information content (AvgIpc) is 2.46. The molecule has 1 atom stereocenters. The Labute approximate surface area is 118 Å². The normalized spacial score (nSPS) is 14.8. The highest BCUT2D eigenvalue weighted by atomic mass is 19.4. The summed E-state index contributed by atoms with van der Waals surface area (Å²) in [6.45, 7) is -0.290. The van der Waals surface area contributed by atoms with Crippen molar-refractivity contribution in [2.45, 2.75) is 11.8 Å². The van der Waals surface area contributed by atoms with E-state index in [0.29, 0.717) is 17.7 Å². The van der Waals surface area contributed by atoms with Crippen LogP contribution >= 0.6 is 0 Å². The first-order valence-corrected chi connectivity index (χ1v) is 6.14. The molecule has 0 aliphatic rings. The number of rotatable bonds is 3. The van der Waals surface area contributed by atoms with Gasteiger partial charge in [-0.1, -0.05) is 36.4 Å². The second kappa shape index (κ2) is 5.46. The summed E-state index contributed by atoms with van der Waals surface area (Å²) >= 11 is 0. The number of halogens is 4. The van der Waals surface area contributed by atoms with Crippen molar-refractivity contribution >= 4 is 0 Å². The van der Waals surface area contributed by atoms with Crippen molar-refractivity contribution in [2.24, 2.45) is 5.73 Å². The first-order chi connectivity index (χ1) is 9.79. The summed E-state index contributed by atoms with van der Waals surface area (Å²) in [6, 6.07) is 10.5. The molecule has 2 aromatic carbocycles. The van der Waals surface area contributed by atoms with Crippen molar-refractivity contribution in [3.05, 3.63) is 71.0 Å². The number of hydrogen-bond donors (Lipinski definition) is 2. The molecule has 2 nitrogen and oxygen atoms in total. The van der Waals surface area contributed by atoms with E-state index in [1.165, 1.54) is 0 Å². The molecule has 2 aromatic rings. The fourth-order valence-electron chi connectivity index (χ4n) is 2.12. The summed E-state index contributed by atoms with van der Waals surface area (Å²) in [7, 11) is 0. The Morgan fingerprint density at radius 2 is 1.57 bits per heavy atom. The second-order valence-corrected chi connectivity index (χ2v) is 4.62. The van der Waals surface area contributed by atoms with Crippen molar-refractivity contribution in [1.82, 2.24) is 0 Å². The molecule has 0 heterocycles. The molecule has 0 saturated carbocycles. The van der Waals surface area contributed by atoms with Crippen molar-refractivity contribution < 1.29 is 22.7 Å². The maximum absolute atomic E-state index is 13.7. The predicted molar refractivity (Wildman–Crippen MR) is 69.9 cm³/mol. The Hall–Kier alpha value is -1.92. The number of benzene rings is 2. The van der Waals surface area contributed by atoms with Gasteiger partial charge in [-0.15, -0.1) is 0 Å². The minimum absolute atomic E-state index is 0.0262. The standard InChI is InChI=1S/C15H13F4NO/c16-13-8-11(6-7-12(13)15(17,18)19)14(21,9-20)10-4-2-1-3-5-10/h1-8,21H,9,20H2. The van der Waals surface area contributed by atoms with E-state index in [2.05, 4.69) is 0 Å². The van der Waals surface area contributed by atoms with Crippen molar-refractivity contribution in [3.8, 4) is 0 Å². The van der Waals surface area contributed by atoms with Gasteiger partial charge < -0.3 is 10.8 Å². The smallest absolute Gasteiger partial charge is 0.379 e. The molecule has 0 aliphatic carbocycles. The highest BCUT2D eigenvalue weighted by Crippen LogP contribution is 2.35. The third kappa shape index (κ3) is 2.91. The summed E-state index contributed by atoms with van der Waals surface area (Å²) in [4.78, 5) is 0. The summed E-state index contributed by atoms with van der Waals surface area (Å²) in [6.07, 6.45) is -4.78. The maximum atomic E-state index is 13.7. The van der Waals surface area contributed by atoms with Gasteiger partial charge in [0.25, 0.3) is 0 Å². The third-order valence-electron chi connectivity index (χ3n) is 3.30. The first-order valence-electron chi connectivity index (χ1n) is 6.14. The summed E-state index contributed by atoms with van der Waals surface area (Å²) < 4.78 is 51.3.